The molecule has 0 aliphatic rings. The molecular weight excluding hydrogens is 186 g/mol. The molecule has 1 aromatic heterocycles. The highest BCUT2D eigenvalue weighted by Crippen LogP contribution is 2.23. The van der Waals surface area contributed by atoms with E-state index in [0.717, 1.165) is 17.1 Å². The normalized spacial score (nSPS) is 11.6. The topological polar surface area (TPSA) is 42.1 Å². The minimum absolute atomic E-state index is 0.0654. The highest BCUT2D eigenvalue weighted by Gasteiger charge is 2.17. The van der Waals surface area contributed by atoms with E-state index < -0.39 is 0 Å². The Morgan fingerprint density at radius 3 is 2.27 bits per heavy atom. The van der Waals surface area contributed by atoms with Gasteiger partial charge in [-0.05, 0) is 17.7 Å². The first kappa shape index (κ1) is 12.0. The van der Waals surface area contributed by atoms with Gasteiger partial charge in [0.25, 0.3) is 0 Å². The number of hydrogen-bond acceptors (Lipinski definition) is 3. The van der Waals surface area contributed by atoms with Crippen LogP contribution >= 0.6 is 0 Å². The van der Waals surface area contributed by atoms with Crippen molar-refractivity contribution < 1.29 is 0 Å². The van der Waals surface area contributed by atoms with Gasteiger partial charge in [-0.1, -0.05) is 20.8 Å². The van der Waals surface area contributed by atoms with Crippen LogP contribution in [0.1, 0.15) is 32.0 Å². The zero-order chi connectivity index (χ0) is 11.6. The van der Waals surface area contributed by atoms with Crippen LogP contribution in [-0.4, -0.2) is 19.1 Å². The fraction of sp³-hybridized carbons (Fsp3) is 0.583. The fourth-order valence-electron chi connectivity index (χ4n) is 1.30. The molecule has 1 heterocycles. The van der Waals surface area contributed by atoms with Gasteiger partial charge < -0.3 is 10.6 Å². The summed E-state index contributed by atoms with van der Waals surface area (Å²) in [5, 5.41) is 0. The molecule has 3 nitrogen and oxygen atoms in total. The Kier molecular flexibility index (Phi) is 3.35. The quantitative estimate of drug-likeness (QED) is 0.805. The number of hydrogen-bond donors (Lipinski definition) is 1. The van der Waals surface area contributed by atoms with Crippen LogP contribution in [0.15, 0.2) is 12.1 Å². The van der Waals surface area contributed by atoms with E-state index in [4.69, 9.17) is 5.73 Å². The fourth-order valence-corrected chi connectivity index (χ4v) is 1.30. The van der Waals surface area contributed by atoms with E-state index in [2.05, 4.69) is 31.8 Å². The maximum absolute atomic E-state index is 5.68. The summed E-state index contributed by atoms with van der Waals surface area (Å²) < 4.78 is 0. The monoisotopic (exact) mass is 207 g/mol. The van der Waals surface area contributed by atoms with Crippen molar-refractivity contribution >= 4 is 5.82 Å². The van der Waals surface area contributed by atoms with E-state index in [1.165, 1.54) is 0 Å². The van der Waals surface area contributed by atoms with Crippen LogP contribution in [0, 0.1) is 0 Å². The molecule has 84 valence electrons. The van der Waals surface area contributed by atoms with Gasteiger partial charge in [0.1, 0.15) is 5.82 Å². The second kappa shape index (κ2) is 4.19. The van der Waals surface area contributed by atoms with Crippen LogP contribution < -0.4 is 10.6 Å². The smallest absolute Gasteiger partial charge is 0.128 e. The van der Waals surface area contributed by atoms with Crippen molar-refractivity contribution in [3.8, 4) is 0 Å². The number of rotatable bonds is 2. The molecule has 0 fully saturated rings. The van der Waals surface area contributed by atoms with Crippen LogP contribution in [0.3, 0.4) is 0 Å². The lowest BCUT2D eigenvalue weighted by Crippen LogP contribution is -2.18. The van der Waals surface area contributed by atoms with Crippen LogP contribution in [0.5, 0.6) is 0 Å². The molecule has 0 unspecified atom stereocenters. The van der Waals surface area contributed by atoms with Gasteiger partial charge >= 0.3 is 0 Å². The molecule has 0 saturated heterocycles. The van der Waals surface area contributed by atoms with Crippen molar-refractivity contribution in [1.29, 1.82) is 0 Å². The Balaban J connectivity index is 3.23. The lowest BCUT2D eigenvalue weighted by molar-refractivity contribution is 0.567. The number of anilines is 1. The summed E-state index contributed by atoms with van der Waals surface area (Å²) in [5.74, 6) is 0.975. The lowest BCUT2D eigenvalue weighted by Gasteiger charge is -2.21. The third kappa shape index (κ3) is 2.93. The Hall–Kier alpha value is -1.09. The van der Waals surface area contributed by atoms with Gasteiger partial charge in [-0.15, -0.1) is 0 Å². The van der Waals surface area contributed by atoms with Crippen molar-refractivity contribution in [2.45, 2.75) is 32.7 Å². The van der Waals surface area contributed by atoms with Gasteiger partial charge in [0.05, 0.1) is 0 Å². The number of nitrogens with zero attached hydrogens (tertiary/aromatic N) is 2. The van der Waals surface area contributed by atoms with Gasteiger partial charge in [-0.25, -0.2) is 4.98 Å². The van der Waals surface area contributed by atoms with Crippen molar-refractivity contribution in [3.63, 3.8) is 0 Å². The van der Waals surface area contributed by atoms with E-state index in [1.807, 2.05) is 25.1 Å². The summed E-state index contributed by atoms with van der Waals surface area (Å²) >= 11 is 0. The Morgan fingerprint density at radius 2 is 1.87 bits per heavy atom. The summed E-state index contributed by atoms with van der Waals surface area (Å²) in [6, 6.07) is 4.13. The standard InChI is InChI=1S/C12H21N3/c1-12(2,3)10-6-9(8-13)7-11(14-10)15(4)5/h6-7H,8,13H2,1-5H3. The first-order valence-electron chi connectivity index (χ1n) is 5.23. The maximum Gasteiger partial charge on any atom is 0.128 e. The predicted octanol–water partition coefficient (Wildman–Crippen LogP) is 1.90. The summed E-state index contributed by atoms with van der Waals surface area (Å²) in [6.45, 7) is 7.05. The van der Waals surface area contributed by atoms with Crippen molar-refractivity contribution in [1.82, 2.24) is 4.98 Å². The zero-order valence-electron chi connectivity index (χ0n) is 10.3. The number of pyridine rings is 1. The minimum atomic E-state index is 0.0654. The largest absolute Gasteiger partial charge is 0.363 e. The van der Waals surface area contributed by atoms with Gasteiger partial charge in [-0.3, -0.25) is 0 Å². The van der Waals surface area contributed by atoms with Gasteiger partial charge in [0.15, 0.2) is 0 Å². The molecule has 0 saturated carbocycles. The summed E-state index contributed by atoms with van der Waals surface area (Å²) in [7, 11) is 3.99. The molecule has 0 bridgehead atoms. The lowest BCUT2D eigenvalue weighted by atomic mass is 9.90. The maximum atomic E-state index is 5.68. The van der Waals surface area contributed by atoms with Gasteiger partial charge in [0, 0.05) is 31.7 Å². The second-order valence-corrected chi connectivity index (χ2v) is 5.07. The van der Waals surface area contributed by atoms with Crippen LogP contribution in [0.2, 0.25) is 0 Å². The molecular formula is C12H21N3. The molecule has 2 N–H and O–H groups in total. The Morgan fingerprint density at radius 1 is 1.27 bits per heavy atom. The zero-order valence-corrected chi connectivity index (χ0v) is 10.3. The molecule has 0 aromatic carbocycles. The van der Waals surface area contributed by atoms with E-state index >= 15 is 0 Å². The Bertz CT molecular complexity index is 337. The highest BCUT2D eigenvalue weighted by atomic mass is 15.1. The molecule has 0 aliphatic heterocycles. The van der Waals surface area contributed by atoms with E-state index in [9.17, 15) is 0 Å². The molecule has 0 atom stereocenters. The van der Waals surface area contributed by atoms with Gasteiger partial charge in [0.2, 0.25) is 0 Å². The van der Waals surface area contributed by atoms with Crippen LogP contribution in [0.4, 0.5) is 5.82 Å². The SMILES string of the molecule is CN(C)c1cc(CN)cc(C(C)(C)C)n1. The number of nitrogens with two attached hydrogens (primary N) is 1. The average Bonchev–Trinajstić information content (AvgIpc) is 2.15. The van der Waals surface area contributed by atoms with E-state index in [0.29, 0.717) is 6.54 Å². The molecule has 15 heavy (non-hydrogen) atoms. The third-order valence-corrected chi connectivity index (χ3v) is 2.33. The van der Waals surface area contributed by atoms with Crippen LogP contribution in [0.25, 0.3) is 0 Å². The van der Waals surface area contributed by atoms with E-state index in [1.54, 1.807) is 0 Å². The molecule has 1 rings (SSSR count). The average molecular weight is 207 g/mol. The summed E-state index contributed by atoms with van der Waals surface area (Å²) in [6.07, 6.45) is 0. The molecule has 0 amide bonds. The third-order valence-electron chi connectivity index (χ3n) is 2.33. The highest BCUT2D eigenvalue weighted by molar-refractivity contribution is 5.42. The predicted molar refractivity (Wildman–Crippen MR) is 65.2 cm³/mol. The van der Waals surface area contributed by atoms with Crippen LogP contribution in [-0.2, 0) is 12.0 Å². The van der Waals surface area contributed by atoms with E-state index in [-0.39, 0.29) is 5.41 Å². The molecule has 0 aliphatic carbocycles. The first-order valence-corrected chi connectivity index (χ1v) is 5.23. The van der Waals surface area contributed by atoms with Crippen molar-refractivity contribution in [3.05, 3.63) is 23.4 Å². The first-order chi connectivity index (χ1) is 6.84. The molecule has 0 spiro atoms. The summed E-state index contributed by atoms with van der Waals surface area (Å²) in [4.78, 5) is 6.63. The second-order valence-electron chi connectivity index (χ2n) is 5.07. The van der Waals surface area contributed by atoms with Gasteiger partial charge in [-0.2, -0.15) is 0 Å². The van der Waals surface area contributed by atoms with Crippen molar-refractivity contribution in [2.75, 3.05) is 19.0 Å². The minimum Gasteiger partial charge on any atom is -0.363 e. The Labute approximate surface area is 92.3 Å². The summed E-state index contributed by atoms with van der Waals surface area (Å²) in [5.41, 5.74) is 7.98. The molecule has 3 heteroatoms. The molecule has 1 aromatic rings. The van der Waals surface area contributed by atoms with Crippen molar-refractivity contribution in [2.24, 2.45) is 5.73 Å². The number of aromatic nitrogens is 1. The molecule has 0 radical (unpaired) electrons.